The average molecular weight is 518 g/mol. The predicted octanol–water partition coefficient (Wildman–Crippen LogP) is 3.63. The summed E-state index contributed by atoms with van der Waals surface area (Å²) in [7, 11) is -8.46. The normalized spacial score (nSPS) is 11.7. The fraction of sp³-hybridized carbons (Fsp3) is 0.0500. The second-order valence-corrected chi connectivity index (χ2v) is 9.91. The van der Waals surface area contributed by atoms with E-state index in [0.717, 1.165) is 25.3 Å². The molecule has 0 aliphatic carbocycles. The van der Waals surface area contributed by atoms with Crippen molar-refractivity contribution in [3.05, 3.63) is 83.4 Å². The Hall–Kier alpha value is -3.65. The number of anilines is 2. The molecule has 0 spiro atoms. The van der Waals surface area contributed by atoms with Crippen molar-refractivity contribution in [3.8, 4) is 0 Å². The van der Waals surface area contributed by atoms with Crippen LogP contribution in [0, 0.1) is 23.3 Å². The first-order valence-corrected chi connectivity index (χ1v) is 12.0. The summed E-state index contributed by atoms with van der Waals surface area (Å²) in [6.45, 7) is 0. The molecule has 0 aliphatic rings. The van der Waals surface area contributed by atoms with Crippen LogP contribution in [0.1, 0.15) is 10.4 Å². The van der Waals surface area contributed by atoms with E-state index in [1.165, 1.54) is 0 Å². The molecular formula is C20H14F4N2O6S2. The minimum atomic E-state index is -4.77. The van der Waals surface area contributed by atoms with Gasteiger partial charge in [0.25, 0.3) is 20.0 Å². The molecule has 3 rings (SSSR count). The lowest BCUT2D eigenvalue weighted by molar-refractivity contribution is 0.0600. The van der Waals surface area contributed by atoms with Gasteiger partial charge in [-0.3, -0.25) is 9.44 Å². The van der Waals surface area contributed by atoms with Crippen molar-refractivity contribution in [3.63, 3.8) is 0 Å². The number of methoxy groups -OCH3 is 1. The maximum atomic E-state index is 14.1. The first kappa shape index (κ1) is 25.0. The second kappa shape index (κ2) is 9.30. The van der Waals surface area contributed by atoms with E-state index >= 15 is 0 Å². The number of sulfonamides is 2. The van der Waals surface area contributed by atoms with Crippen molar-refractivity contribution in [2.45, 2.75) is 9.79 Å². The Morgan fingerprint density at radius 2 is 1.18 bits per heavy atom. The number of benzene rings is 3. The molecule has 0 aromatic heterocycles. The zero-order chi connectivity index (χ0) is 25.3. The summed E-state index contributed by atoms with van der Waals surface area (Å²) in [5, 5.41) is 0. The van der Waals surface area contributed by atoms with Gasteiger partial charge in [-0.25, -0.2) is 39.2 Å². The van der Waals surface area contributed by atoms with Crippen molar-refractivity contribution in [1.82, 2.24) is 0 Å². The summed E-state index contributed by atoms with van der Waals surface area (Å²) in [4.78, 5) is 9.93. The predicted molar refractivity (Wildman–Crippen MR) is 112 cm³/mol. The molecule has 0 radical (unpaired) electrons. The Morgan fingerprint density at radius 1 is 0.706 bits per heavy atom. The number of halogens is 4. The van der Waals surface area contributed by atoms with Crippen LogP contribution in [0.15, 0.2) is 64.4 Å². The lowest BCUT2D eigenvalue weighted by Crippen LogP contribution is -2.19. The molecular weight excluding hydrogens is 504 g/mol. The first-order chi connectivity index (χ1) is 15.8. The third kappa shape index (κ3) is 5.28. The van der Waals surface area contributed by atoms with Crippen LogP contribution in [0.4, 0.5) is 28.9 Å². The molecule has 0 saturated heterocycles. The van der Waals surface area contributed by atoms with Gasteiger partial charge in [0.15, 0.2) is 0 Å². The van der Waals surface area contributed by atoms with Crippen molar-refractivity contribution in [2.24, 2.45) is 0 Å². The number of nitrogens with one attached hydrogen (secondary N) is 2. The van der Waals surface area contributed by atoms with Gasteiger partial charge >= 0.3 is 5.97 Å². The summed E-state index contributed by atoms with van der Waals surface area (Å²) in [6, 6.07) is 6.22. The number of esters is 1. The molecule has 0 aliphatic heterocycles. The van der Waals surface area contributed by atoms with E-state index in [1.54, 1.807) is 0 Å². The molecule has 2 N–H and O–H groups in total. The SMILES string of the molecule is COC(=O)c1ccc(NS(=O)(=O)c2ccc(F)cc2F)c(NS(=O)(=O)c2ccc(F)cc2F)c1. The van der Waals surface area contributed by atoms with E-state index in [-0.39, 0.29) is 5.56 Å². The molecule has 14 heteroatoms. The van der Waals surface area contributed by atoms with E-state index < -0.39 is 70.5 Å². The van der Waals surface area contributed by atoms with Gasteiger partial charge in [0, 0.05) is 12.1 Å². The number of hydrogen-bond acceptors (Lipinski definition) is 6. The molecule has 0 bridgehead atoms. The Kier molecular flexibility index (Phi) is 6.84. The van der Waals surface area contributed by atoms with Crippen molar-refractivity contribution >= 4 is 37.4 Å². The Morgan fingerprint density at radius 3 is 1.62 bits per heavy atom. The number of hydrogen-bond donors (Lipinski definition) is 2. The minimum Gasteiger partial charge on any atom is -0.465 e. The summed E-state index contributed by atoms with van der Waals surface area (Å²) < 4.78 is 113. The molecule has 0 heterocycles. The van der Waals surface area contributed by atoms with Crippen LogP contribution in [0.2, 0.25) is 0 Å². The largest absolute Gasteiger partial charge is 0.465 e. The highest BCUT2D eigenvalue weighted by molar-refractivity contribution is 7.93. The van der Waals surface area contributed by atoms with Gasteiger partial charge in [0.1, 0.15) is 33.1 Å². The van der Waals surface area contributed by atoms with Gasteiger partial charge < -0.3 is 4.74 Å². The average Bonchev–Trinajstić information content (AvgIpc) is 2.73. The van der Waals surface area contributed by atoms with Crippen LogP contribution < -0.4 is 9.44 Å². The molecule has 34 heavy (non-hydrogen) atoms. The summed E-state index contributed by atoms with van der Waals surface area (Å²) in [5.74, 6) is -5.86. The molecule has 0 saturated carbocycles. The molecule has 0 unspecified atom stereocenters. The van der Waals surface area contributed by atoms with Crippen LogP contribution in [0.3, 0.4) is 0 Å². The van der Waals surface area contributed by atoms with E-state index in [9.17, 15) is 39.2 Å². The summed E-state index contributed by atoms with van der Waals surface area (Å²) in [5.41, 5.74) is -1.30. The fourth-order valence-electron chi connectivity index (χ4n) is 2.75. The van der Waals surface area contributed by atoms with Crippen molar-refractivity contribution in [2.75, 3.05) is 16.6 Å². The van der Waals surface area contributed by atoms with Crippen molar-refractivity contribution in [1.29, 1.82) is 0 Å². The van der Waals surface area contributed by atoms with Gasteiger partial charge in [-0.05, 0) is 42.5 Å². The zero-order valence-corrected chi connectivity index (χ0v) is 18.6. The van der Waals surface area contributed by atoms with Gasteiger partial charge in [0.05, 0.1) is 24.0 Å². The minimum absolute atomic E-state index is 0.226. The standard InChI is InChI=1S/C20H14F4N2O6S2/c1-32-20(27)11-2-5-16(25-33(28,29)18-6-3-12(21)9-14(18)23)17(8-11)26-34(30,31)19-7-4-13(22)10-15(19)24/h2-10,25-26H,1H3. The summed E-state index contributed by atoms with van der Waals surface area (Å²) >= 11 is 0. The number of rotatable bonds is 7. The van der Waals surface area contributed by atoms with E-state index in [4.69, 9.17) is 0 Å². The third-order valence-electron chi connectivity index (χ3n) is 4.30. The number of carbonyl (C=O) groups is 1. The quantitative estimate of drug-likeness (QED) is 0.364. The van der Waals surface area contributed by atoms with Crippen LogP contribution in [-0.4, -0.2) is 29.9 Å². The molecule has 0 atom stereocenters. The highest BCUT2D eigenvalue weighted by Gasteiger charge is 2.25. The first-order valence-electron chi connectivity index (χ1n) is 9.02. The lowest BCUT2D eigenvalue weighted by atomic mass is 10.2. The van der Waals surface area contributed by atoms with E-state index in [0.29, 0.717) is 36.4 Å². The highest BCUT2D eigenvalue weighted by atomic mass is 32.2. The molecule has 8 nitrogen and oxygen atoms in total. The van der Waals surface area contributed by atoms with Crippen LogP contribution >= 0.6 is 0 Å². The van der Waals surface area contributed by atoms with Crippen LogP contribution in [0.25, 0.3) is 0 Å². The topological polar surface area (TPSA) is 119 Å². The second-order valence-electron chi connectivity index (χ2n) is 6.61. The van der Waals surface area contributed by atoms with Crippen molar-refractivity contribution < 1.29 is 43.9 Å². The molecule has 180 valence electrons. The van der Waals surface area contributed by atoms with Crippen LogP contribution in [0.5, 0.6) is 0 Å². The Bertz CT molecular complexity index is 1490. The number of carbonyl (C=O) groups excluding carboxylic acids is 1. The smallest absolute Gasteiger partial charge is 0.337 e. The Balaban J connectivity index is 2.09. The molecule has 0 fully saturated rings. The zero-order valence-electron chi connectivity index (χ0n) is 17.0. The molecule has 3 aromatic rings. The lowest BCUT2D eigenvalue weighted by Gasteiger charge is -2.16. The van der Waals surface area contributed by atoms with Gasteiger partial charge in [-0.2, -0.15) is 0 Å². The van der Waals surface area contributed by atoms with Gasteiger partial charge in [-0.1, -0.05) is 0 Å². The monoisotopic (exact) mass is 518 g/mol. The maximum absolute atomic E-state index is 14.1. The third-order valence-corrected chi connectivity index (χ3v) is 7.09. The van der Waals surface area contributed by atoms with Gasteiger partial charge in [0.2, 0.25) is 0 Å². The Labute approximate surface area is 191 Å². The maximum Gasteiger partial charge on any atom is 0.337 e. The van der Waals surface area contributed by atoms with E-state index in [2.05, 4.69) is 4.74 Å². The number of ether oxygens (including phenoxy) is 1. The highest BCUT2D eigenvalue weighted by Crippen LogP contribution is 2.30. The van der Waals surface area contributed by atoms with Crippen LogP contribution in [-0.2, 0) is 24.8 Å². The van der Waals surface area contributed by atoms with Gasteiger partial charge in [-0.15, -0.1) is 0 Å². The summed E-state index contributed by atoms with van der Waals surface area (Å²) in [6.07, 6.45) is 0. The van der Waals surface area contributed by atoms with E-state index in [1.807, 2.05) is 9.44 Å². The molecule has 3 aromatic carbocycles. The molecule has 0 amide bonds. The fourth-order valence-corrected chi connectivity index (χ4v) is 5.02.